The van der Waals surface area contributed by atoms with E-state index in [0.29, 0.717) is 5.56 Å². The minimum Gasteiger partial charge on any atom is -0.355 e. The van der Waals surface area contributed by atoms with Crippen LogP contribution in [0.1, 0.15) is 23.2 Å². The third-order valence-corrected chi connectivity index (χ3v) is 7.41. The second kappa shape index (κ2) is 8.95. The van der Waals surface area contributed by atoms with Gasteiger partial charge in [-0.2, -0.15) is 0 Å². The normalized spacial score (nSPS) is 15.3. The number of hydrogen-bond acceptors (Lipinski definition) is 5. The summed E-state index contributed by atoms with van der Waals surface area (Å²) in [7, 11) is 0. The Morgan fingerprint density at radius 2 is 1.67 bits per heavy atom. The number of anilines is 2. The van der Waals surface area contributed by atoms with E-state index < -0.39 is 5.92 Å². The number of nitrogens with one attached hydrogen (secondary N) is 1. The maximum atomic E-state index is 13.4. The van der Waals surface area contributed by atoms with E-state index in [2.05, 4.69) is 21.4 Å². The summed E-state index contributed by atoms with van der Waals surface area (Å²) in [5.74, 6) is -2.88. The maximum absolute atomic E-state index is 13.4. The lowest BCUT2D eigenvalue weighted by molar-refractivity contribution is -0.0494. The molecule has 3 heterocycles. The molecule has 1 amide bonds. The number of benzene rings is 3. The van der Waals surface area contributed by atoms with Gasteiger partial charge in [0.25, 0.3) is 11.8 Å². The number of likely N-dealkylation sites (tertiary alicyclic amines) is 1. The highest BCUT2D eigenvalue weighted by Crippen LogP contribution is 2.32. The summed E-state index contributed by atoms with van der Waals surface area (Å²) >= 11 is 1.62. The molecule has 5 nitrogen and oxygen atoms in total. The molecule has 0 aliphatic carbocycles. The van der Waals surface area contributed by atoms with Crippen molar-refractivity contribution in [3.63, 3.8) is 0 Å². The SMILES string of the molecule is O=C(c1ccc(-c2ccc3c(Nc4ccc5scnc5c4)ccnc3c2)cc1)N1CCC(F)(F)CC1. The minimum atomic E-state index is -2.67. The second-order valence-electron chi connectivity index (χ2n) is 8.98. The highest BCUT2D eigenvalue weighted by atomic mass is 32.1. The van der Waals surface area contributed by atoms with Crippen LogP contribution in [-0.4, -0.2) is 39.8 Å². The molecule has 1 N–H and O–H groups in total. The monoisotopic (exact) mass is 500 g/mol. The van der Waals surface area contributed by atoms with E-state index in [9.17, 15) is 13.6 Å². The molecule has 0 unspecified atom stereocenters. The molecule has 0 spiro atoms. The fraction of sp³-hybridized carbons (Fsp3) is 0.179. The Balaban J connectivity index is 1.22. The number of amides is 1. The quantitative estimate of drug-likeness (QED) is 0.285. The van der Waals surface area contributed by atoms with E-state index >= 15 is 0 Å². The number of carbonyl (C=O) groups excluding carboxylic acids is 1. The van der Waals surface area contributed by atoms with Crippen molar-refractivity contribution < 1.29 is 13.6 Å². The van der Waals surface area contributed by atoms with Crippen molar-refractivity contribution in [2.24, 2.45) is 0 Å². The molecular formula is C28H22F2N4OS. The molecular weight excluding hydrogens is 478 g/mol. The van der Waals surface area contributed by atoms with E-state index in [-0.39, 0.29) is 31.8 Å². The number of nitrogens with zero attached hydrogens (tertiary/aromatic N) is 3. The first kappa shape index (κ1) is 22.5. The lowest BCUT2D eigenvalue weighted by Crippen LogP contribution is -2.42. The fourth-order valence-electron chi connectivity index (χ4n) is 4.55. The van der Waals surface area contributed by atoms with Crippen molar-refractivity contribution >= 4 is 49.7 Å². The van der Waals surface area contributed by atoms with E-state index in [4.69, 9.17) is 0 Å². The van der Waals surface area contributed by atoms with Crippen LogP contribution in [0.4, 0.5) is 20.2 Å². The number of pyridine rings is 1. The van der Waals surface area contributed by atoms with Crippen molar-refractivity contribution in [3.8, 4) is 11.1 Å². The molecule has 3 aromatic carbocycles. The molecule has 1 aliphatic rings. The van der Waals surface area contributed by atoms with Gasteiger partial charge < -0.3 is 10.2 Å². The van der Waals surface area contributed by atoms with Crippen molar-refractivity contribution in [1.82, 2.24) is 14.9 Å². The molecule has 1 fully saturated rings. The lowest BCUT2D eigenvalue weighted by atomic mass is 10.0. The van der Waals surface area contributed by atoms with Gasteiger partial charge in [0.05, 0.1) is 21.2 Å². The van der Waals surface area contributed by atoms with Crippen LogP contribution < -0.4 is 5.32 Å². The number of piperidine rings is 1. The van der Waals surface area contributed by atoms with Crippen LogP contribution >= 0.6 is 11.3 Å². The molecule has 2 aromatic heterocycles. The van der Waals surface area contributed by atoms with E-state index in [1.807, 2.05) is 54.0 Å². The van der Waals surface area contributed by atoms with Gasteiger partial charge in [-0.25, -0.2) is 13.8 Å². The third kappa shape index (κ3) is 4.40. The highest BCUT2D eigenvalue weighted by Gasteiger charge is 2.35. The molecule has 6 rings (SSSR count). The molecule has 1 aliphatic heterocycles. The molecule has 8 heteroatoms. The van der Waals surface area contributed by atoms with Gasteiger partial charge >= 0.3 is 0 Å². The van der Waals surface area contributed by atoms with E-state index in [0.717, 1.165) is 43.6 Å². The van der Waals surface area contributed by atoms with Gasteiger partial charge in [0.1, 0.15) is 0 Å². The predicted octanol–water partition coefficient (Wildman–Crippen LogP) is 7.13. The Kier molecular flexibility index (Phi) is 5.60. The predicted molar refractivity (Wildman–Crippen MR) is 140 cm³/mol. The molecule has 0 saturated carbocycles. The van der Waals surface area contributed by atoms with Crippen molar-refractivity contribution in [3.05, 3.63) is 84.0 Å². The number of alkyl halides is 2. The second-order valence-corrected chi connectivity index (χ2v) is 9.86. The summed E-state index contributed by atoms with van der Waals surface area (Å²) in [5, 5.41) is 4.47. The van der Waals surface area contributed by atoms with Gasteiger partial charge in [0.15, 0.2) is 0 Å². The Bertz CT molecular complexity index is 1570. The number of hydrogen-bond donors (Lipinski definition) is 1. The molecule has 180 valence electrons. The summed E-state index contributed by atoms with van der Waals surface area (Å²) < 4.78 is 28.0. The van der Waals surface area contributed by atoms with Crippen LogP contribution in [0.5, 0.6) is 0 Å². The number of fused-ring (bicyclic) bond motifs is 2. The highest BCUT2D eigenvalue weighted by molar-refractivity contribution is 7.16. The van der Waals surface area contributed by atoms with Crippen LogP contribution in [-0.2, 0) is 0 Å². The minimum absolute atomic E-state index is 0.0813. The fourth-order valence-corrected chi connectivity index (χ4v) is 5.21. The van der Waals surface area contributed by atoms with Gasteiger partial charge in [-0.1, -0.05) is 24.3 Å². The summed E-state index contributed by atoms with van der Waals surface area (Å²) in [6.07, 6.45) is 1.22. The van der Waals surface area contributed by atoms with Crippen LogP contribution in [0, 0.1) is 0 Å². The Morgan fingerprint density at radius 3 is 2.47 bits per heavy atom. The molecule has 5 aromatic rings. The lowest BCUT2D eigenvalue weighted by Gasteiger charge is -2.31. The number of carbonyl (C=O) groups is 1. The molecule has 1 saturated heterocycles. The van der Waals surface area contributed by atoms with Gasteiger partial charge in [0.2, 0.25) is 0 Å². The molecule has 0 radical (unpaired) electrons. The van der Waals surface area contributed by atoms with Gasteiger partial charge in [0, 0.05) is 54.5 Å². The zero-order chi connectivity index (χ0) is 24.7. The van der Waals surface area contributed by atoms with Crippen LogP contribution in [0.2, 0.25) is 0 Å². The molecule has 0 bridgehead atoms. The van der Waals surface area contributed by atoms with Crippen LogP contribution in [0.3, 0.4) is 0 Å². The summed E-state index contributed by atoms with van der Waals surface area (Å²) in [6, 6.07) is 21.5. The number of halogens is 2. The van der Waals surface area contributed by atoms with Crippen LogP contribution in [0.15, 0.2) is 78.4 Å². The number of rotatable bonds is 4. The largest absolute Gasteiger partial charge is 0.355 e. The first-order valence-electron chi connectivity index (χ1n) is 11.7. The first-order valence-corrected chi connectivity index (χ1v) is 12.6. The molecule has 36 heavy (non-hydrogen) atoms. The van der Waals surface area contributed by atoms with Gasteiger partial charge in [-0.15, -0.1) is 11.3 Å². The summed E-state index contributed by atoms with van der Waals surface area (Å²) in [6.45, 7) is 0.163. The first-order chi connectivity index (χ1) is 17.4. The van der Waals surface area contributed by atoms with Gasteiger partial charge in [-0.05, 0) is 53.6 Å². The van der Waals surface area contributed by atoms with Crippen molar-refractivity contribution in [2.75, 3.05) is 18.4 Å². The zero-order valence-electron chi connectivity index (χ0n) is 19.2. The topological polar surface area (TPSA) is 58.1 Å². The smallest absolute Gasteiger partial charge is 0.253 e. The van der Waals surface area contributed by atoms with Crippen LogP contribution in [0.25, 0.3) is 32.2 Å². The Hall–Kier alpha value is -3.91. The Morgan fingerprint density at radius 1 is 0.889 bits per heavy atom. The average molecular weight is 501 g/mol. The average Bonchev–Trinajstić information content (AvgIpc) is 3.36. The summed E-state index contributed by atoms with van der Waals surface area (Å²) in [5.41, 5.74) is 8.01. The maximum Gasteiger partial charge on any atom is 0.253 e. The number of aromatic nitrogens is 2. The van der Waals surface area contributed by atoms with Crippen molar-refractivity contribution in [1.29, 1.82) is 0 Å². The standard InChI is InChI=1S/C28H22F2N4OS/c29-28(30)10-13-34(14-11-28)27(35)19-3-1-18(2-4-19)20-5-7-22-23(9-12-31-24(22)15-20)33-21-6-8-26-25(16-21)32-17-36-26/h1-9,12,15-17H,10-11,13-14H2,(H,31,33). The molecule has 0 atom stereocenters. The Labute approximate surface area is 210 Å². The van der Waals surface area contributed by atoms with E-state index in [1.54, 1.807) is 29.7 Å². The number of thiazole rings is 1. The zero-order valence-corrected chi connectivity index (χ0v) is 20.1. The van der Waals surface area contributed by atoms with E-state index in [1.165, 1.54) is 4.90 Å². The summed E-state index contributed by atoms with van der Waals surface area (Å²) in [4.78, 5) is 23.2. The third-order valence-electron chi connectivity index (χ3n) is 6.60. The van der Waals surface area contributed by atoms with Gasteiger partial charge in [-0.3, -0.25) is 9.78 Å². The van der Waals surface area contributed by atoms with Crippen molar-refractivity contribution in [2.45, 2.75) is 18.8 Å².